The molecular weight excluding hydrogens is 717 g/mol. The fourth-order valence-corrected chi connectivity index (χ4v) is 10.2. The van der Waals surface area contributed by atoms with Crippen LogP contribution in [-0.2, 0) is 38.9 Å². The fourth-order valence-electron chi connectivity index (χ4n) is 9.04. The smallest absolute Gasteiger partial charge is 0.407 e. The standard InChI is InChI=1S/C41H48N8O5S/c1-24(2)36(47-40(51)54-4)39(50)49-17-7-8-33(49)38-46-31-18-27(13-14-34(31)55(52,53)48-38)30-21-44-37(29-20-41(19-28(29)30)15-5-6-16-41)26-11-9-25(10-12-26)32-22-43-35(45-32)23-42-3/h9-14,18,21-22,24,33,36,42H,5-8,15-17,19-20,23H2,1-4H3,(H,43,45)(H,46,48)(H,47,51)/t33-,36-/m0/s1. The van der Waals surface area contributed by atoms with Gasteiger partial charge in [-0.3, -0.25) is 9.78 Å². The Morgan fingerprint density at radius 2 is 1.71 bits per heavy atom. The van der Waals surface area contributed by atoms with E-state index in [1.165, 1.54) is 43.9 Å². The summed E-state index contributed by atoms with van der Waals surface area (Å²) in [6.07, 6.45) is 11.0. The summed E-state index contributed by atoms with van der Waals surface area (Å²) in [4.78, 5) is 40.6. The molecule has 4 aromatic rings. The monoisotopic (exact) mass is 764 g/mol. The third-order valence-electron chi connectivity index (χ3n) is 11.8. The average Bonchev–Trinajstić information content (AvgIpc) is 4.00. The molecule has 0 bridgehead atoms. The Morgan fingerprint density at radius 3 is 2.44 bits per heavy atom. The Hall–Kier alpha value is -5.08. The molecule has 0 radical (unpaired) electrons. The van der Waals surface area contributed by atoms with Crippen LogP contribution in [0.15, 0.2) is 64.2 Å². The highest BCUT2D eigenvalue weighted by Crippen LogP contribution is 2.53. The summed E-state index contributed by atoms with van der Waals surface area (Å²) in [6.45, 7) is 4.77. The number of aromatic nitrogens is 3. The van der Waals surface area contributed by atoms with Gasteiger partial charge in [0.05, 0.1) is 43.0 Å². The van der Waals surface area contributed by atoms with Crippen LogP contribution in [0.4, 0.5) is 10.5 Å². The fraction of sp³-hybridized carbons (Fsp3) is 0.439. The molecule has 1 saturated heterocycles. The number of nitrogens with one attached hydrogen (secondary N) is 4. The minimum atomic E-state index is -4.06. The summed E-state index contributed by atoms with van der Waals surface area (Å²) in [5.74, 6) is 0.569. The first-order valence-corrected chi connectivity index (χ1v) is 20.6. The number of ether oxygens (including phenoxy) is 1. The summed E-state index contributed by atoms with van der Waals surface area (Å²) in [6, 6.07) is 12.4. The number of hydrogen-bond acceptors (Lipinski definition) is 9. The number of sulfonamides is 1. The van der Waals surface area contributed by atoms with Gasteiger partial charge in [0, 0.05) is 23.9 Å². The molecule has 8 rings (SSSR count). The number of fused-ring (bicyclic) bond motifs is 2. The molecule has 4 heterocycles. The van der Waals surface area contributed by atoms with E-state index in [2.05, 4.69) is 54.6 Å². The summed E-state index contributed by atoms with van der Waals surface area (Å²) >= 11 is 0. The number of rotatable bonds is 9. The number of methoxy groups -OCH3 is 1. The number of amides is 2. The highest BCUT2D eigenvalue weighted by Gasteiger charge is 2.43. The van der Waals surface area contributed by atoms with Crippen LogP contribution in [0.2, 0.25) is 0 Å². The van der Waals surface area contributed by atoms with Crippen LogP contribution in [0.25, 0.3) is 33.6 Å². The summed E-state index contributed by atoms with van der Waals surface area (Å²) in [5.41, 5.74) is 9.14. The van der Waals surface area contributed by atoms with Crippen LogP contribution in [0, 0.1) is 11.3 Å². The minimum Gasteiger partial charge on any atom is -0.453 e. The number of benzene rings is 2. The predicted molar refractivity (Wildman–Crippen MR) is 211 cm³/mol. The lowest BCUT2D eigenvalue weighted by Crippen LogP contribution is -2.54. The number of carbonyl (C=O) groups excluding carboxylic acids is 2. The van der Waals surface area contributed by atoms with Gasteiger partial charge in [-0.15, -0.1) is 4.40 Å². The lowest BCUT2D eigenvalue weighted by Gasteiger charge is -2.32. The molecular formula is C41H48N8O5S. The van der Waals surface area contributed by atoms with Crippen LogP contribution < -0.4 is 16.0 Å². The molecule has 2 aliphatic heterocycles. The number of pyridine rings is 1. The number of anilines is 1. The third kappa shape index (κ3) is 6.90. The molecule has 13 nitrogen and oxygen atoms in total. The van der Waals surface area contributed by atoms with Gasteiger partial charge in [-0.1, -0.05) is 57.0 Å². The molecule has 2 amide bonds. The van der Waals surface area contributed by atoms with Crippen molar-refractivity contribution < 1.29 is 22.7 Å². The van der Waals surface area contributed by atoms with Gasteiger partial charge in [0.2, 0.25) is 5.91 Å². The number of amidine groups is 1. The molecule has 4 N–H and O–H groups in total. The van der Waals surface area contributed by atoms with Crippen molar-refractivity contribution in [1.29, 1.82) is 0 Å². The molecule has 55 heavy (non-hydrogen) atoms. The first kappa shape index (κ1) is 36.9. The van der Waals surface area contributed by atoms with Gasteiger partial charge in [-0.25, -0.2) is 9.78 Å². The van der Waals surface area contributed by atoms with Gasteiger partial charge in [-0.2, -0.15) is 8.42 Å². The molecule has 288 valence electrons. The lowest BCUT2D eigenvalue weighted by atomic mass is 9.82. The van der Waals surface area contributed by atoms with Crippen molar-refractivity contribution in [2.24, 2.45) is 15.7 Å². The Morgan fingerprint density at radius 1 is 0.982 bits per heavy atom. The van der Waals surface area contributed by atoms with E-state index < -0.39 is 28.2 Å². The second-order valence-corrected chi connectivity index (χ2v) is 17.3. The Kier molecular flexibility index (Phi) is 9.74. The molecule has 2 aromatic heterocycles. The zero-order chi connectivity index (χ0) is 38.5. The minimum absolute atomic E-state index is 0.0900. The van der Waals surface area contributed by atoms with E-state index in [0.717, 1.165) is 52.3 Å². The summed E-state index contributed by atoms with van der Waals surface area (Å²) < 4.78 is 36.3. The molecule has 1 spiro atoms. The Bertz CT molecular complexity index is 2280. The van der Waals surface area contributed by atoms with Gasteiger partial charge in [0.25, 0.3) is 10.0 Å². The number of aromatic amines is 1. The normalized spacial score (nSPS) is 19.8. The van der Waals surface area contributed by atoms with Crippen molar-refractivity contribution in [3.05, 3.63) is 71.8 Å². The van der Waals surface area contributed by atoms with Gasteiger partial charge in [0.15, 0.2) is 0 Å². The van der Waals surface area contributed by atoms with Crippen molar-refractivity contribution in [1.82, 2.24) is 30.5 Å². The maximum atomic E-state index is 13.8. The highest BCUT2D eigenvalue weighted by atomic mass is 32.2. The number of carbonyl (C=O) groups is 2. The quantitative estimate of drug-likeness (QED) is 0.158. The van der Waals surface area contributed by atoms with Crippen molar-refractivity contribution in [3.63, 3.8) is 0 Å². The average molecular weight is 765 g/mol. The second kappa shape index (κ2) is 14.5. The topological polar surface area (TPSA) is 171 Å². The predicted octanol–water partition coefficient (Wildman–Crippen LogP) is 6.07. The second-order valence-electron chi connectivity index (χ2n) is 15.7. The van der Waals surface area contributed by atoms with E-state index in [-0.39, 0.29) is 28.0 Å². The van der Waals surface area contributed by atoms with E-state index in [1.54, 1.807) is 11.0 Å². The largest absolute Gasteiger partial charge is 0.453 e. The van der Waals surface area contributed by atoms with Crippen LogP contribution in [0.1, 0.15) is 69.3 Å². The van der Waals surface area contributed by atoms with Crippen molar-refractivity contribution in [2.75, 3.05) is 26.0 Å². The maximum absolute atomic E-state index is 13.8. The van der Waals surface area contributed by atoms with E-state index in [0.29, 0.717) is 31.6 Å². The lowest BCUT2D eigenvalue weighted by molar-refractivity contribution is -0.134. The molecule has 14 heteroatoms. The maximum Gasteiger partial charge on any atom is 0.407 e. The van der Waals surface area contributed by atoms with Gasteiger partial charge < -0.3 is 30.6 Å². The number of imidazole rings is 1. The highest BCUT2D eigenvalue weighted by molar-refractivity contribution is 7.90. The number of likely N-dealkylation sites (tertiary alicyclic amines) is 1. The van der Waals surface area contributed by atoms with Crippen LogP contribution >= 0.6 is 0 Å². The zero-order valence-corrected chi connectivity index (χ0v) is 32.6. The van der Waals surface area contributed by atoms with E-state index in [4.69, 9.17) is 9.72 Å². The van der Waals surface area contributed by atoms with Gasteiger partial charge in [0.1, 0.15) is 22.6 Å². The summed E-state index contributed by atoms with van der Waals surface area (Å²) in [7, 11) is -0.913. The molecule has 2 atom stereocenters. The molecule has 2 aromatic carbocycles. The Labute approximate surface area is 321 Å². The first-order valence-electron chi connectivity index (χ1n) is 19.2. The van der Waals surface area contributed by atoms with E-state index in [9.17, 15) is 18.0 Å². The molecule has 1 saturated carbocycles. The van der Waals surface area contributed by atoms with Gasteiger partial charge >= 0.3 is 6.09 Å². The van der Waals surface area contributed by atoms with Crippen molar-refractivity contribution in [3.8, 4) is 33.6 Å². The number of hydrogen-bond donors (Lipinski definition) is 4. The van der Waals surface area contributed by atoms with Crippen molar-refractivity contribution in [2.45, 2.75) is 88.7 Å². The first-order chi connectivity index (χ1) is 26.5. The van der Waals surface area contributed by atoms with Crippen LogP contribution in [-0.4, -0.2) is 78.9 Å². The number of alkyl carbamates (subject to hydrolysis) is 1. The van der Waals surface area contributed by atoms with E-state index >= 15 is 0 Å². The molecule has 2 fully saturated rings. The van der Waals surface area contributed by atoms with Crippen LogP contribution in [0.5, 0.6) is 0 Å². The third-order valence-corrected chi connectivity index (χ3v) is 13.1. The number of nitrogens with zero attached hydrogens (tertiary/aromatic N) is 4. The molecule has 4 aliphatic rings. The summed E-state index contributed by atoms with van der Waals surface area (Å²) in [5, 5.41) is 9.10. The zero-order valence-electron chi connectivity index (χ0n) is 31.7. The van der Waals surface area contributed by atoms with Gasteiger partial charge in [-0.05, 0) is 91.3 Å². The molecule has 2 aliphatic carbocycles. The number of H-pyrrole nitrogens is 1. The van der Waals surface area contributed by atoms with E-state index in [1.807, 2.05) is 45.4 Å². The SMILES string of the molecule is CNCc1ncc(-c2ccc(-c3ncc(-c4ccc5c(c4)NC([C@@H]4CCCN4C(=O)[C@@H](NC(=O)OC)C(C)C)=NS5(=O)=O)c4c3CC3(CCCC3)C4)cc2)[nH]1. The van der Waals surface area contributed by atoms with Crippen LogP contribution in [0.3, 0.4) is 0 Å². The molecule has 0 unspecified atom stereocenters. The van der Waals surface area contributed by atoms with Crippen molar-refractivity contribution >= 4 is 33.5 Å². The Balaban J connectivity index is 1.11.